The summed E-state index contributed by atoms with van der Waals surface area (Å²) in [5, 5.41) is 3.82. The summed E-state index contributed by atoms with van der Waals surface area (Å²) < 4.78 is 42.2. The number of halogens is 4. The zero-order chi connectivity index (χ0) is 15.9. The van der Waals surface area contributed by atoms with E-state index in [-0.39, 0.29) is 12.5 Å². The molecule has 0 aliphatic heterocycles. The van der Waals surface area contributed by atoms with Crippen LogP contribution in [0.15, 0.2) is 18.2 Å². The molecule has 21 heavy (non-hydrogen) atoms. The van der Waals surface area contributed by atoms with Gasteiger partial charge in [0.05, 0.1) is 7.11 Å². The van der Waals surface area contributed by atoms with Crippen molar-refractivity contribution in [3.05, 3.63) is 28.8 Å². The molecule has 1 unspecified atom stereocenters. The highest BCUT2D eigenvalue weighted by Crippen LogP contribution is 2.32. The summed E-state index contributed by atoms with van der Waals surface area (Å²) >= 11 is 5.92. The van der Waals surface area contributed by atoms with E-state index in [4.69, 9.17) is 16.3 Å². The zero-order valence-electron chi connectivity index (χ0n) is 12.3. The summed E-state index contributed by atoms with van der Waals surface area (Å²) in [4.78, 5) is 0. The molecule has 0 aliphatic carbocycles. The van der Waals surface area contributed by atoms with Crippen molar-refractivity contribution in [2.24, 2.45) is 0 Å². The zero-order valence-corrected chi connectivity index (χ0v) is 13.0. The largest absolute Gasteiger partial charge is 0.496 e. The van der Waals surface area contributed by atoms with E-state index in [2.05, 4.69) is 5.32 Å². The molecular formula is C15H21ClF3NO. The lowest BCUT2D eigenvalue weighted by Crippen LogP contribution is -2.23. The van der Waals surface area contributed by atoms with Gasteiger partial charge < -0.3 is 10.1 Å². The van der Waals surface area contributed by atoms with Crippen LogP contribution >= 0.6 is 11.6 Å². The highest BCUT2D eigenvalue weighted by molar-refractivity contribution is 6.30. The van der Waals surface area contributed by atoms with Gasteiger partial charge in [-0.1, -0.05) is 24.6 Å². The van der Waals surface area contributed by atoms with Crippen LogP contribution in [0.4, 0.5) is 13.2 Å². The molecule has 0 fully saturated rings. The van der Waals surface area contributed by atoms with Crippen LogP contribution in [0.1, 0.15) is 44.2 Å². The van der Waals surface area contributed by atoms with E-state index in [0.717, 1.165) is 18.5 Å². The van der Waals surface area contributed by atoms with Gasteiger partial charge in [0.2, 0.25) is 0 Å². The van der Waals surface area contributed by atoms with Crippen molar-refractivity contribution < 1.29 is 17.9 Å². The summed E-state index contributed by atoms with van der Waals surface area (Å²) in [5.41, 5.74) is 0.845. The Morgan fingerprint density at radius 1 is 1.33 bits per heavy atom. The van der Waals surface area contributed by atoms with Crippen LogP contribution in [0.3, 0.4) is 0 Å². The number of methoxy groups -OCH3 is 1. The Hall–Kier alpha value is -0.940. The van der Waals surface area contributed by atoms with Gasteiger partial charge in [0.1, 0.15) is 5.75 Å². The smallest absolute Gasteiger partial charge is 0.389 e. The van der Waals surface area contributed by atoms with E-state index < -0.39 is 12.6 Å². The minimum Gasteiger partial charge on any atom is -0.496 e. The Balaban J connectivity index is 2.81. The van der Waals surface area contributed by atoms with Crippen LogP contribution in [-0.2, 0) is 0 Å². The van der Waals surface area contributed by atoms with Crippen molar-refractivity contribution in [2.45, 2.75) is 44.8 Å². The molecule has 1 rings (SSSR count). The van der Waals surface area contributed by atoms with Gasteiger partial charge in [-0.05, 0) is 37.9 Å². The van der Waals surface area contributed by atoms with Gasteiger partial charge in [0.15, 0.2) is 0 Å². The summed E-state index contributed by atoms with van der Waals surface area (Å²) in [6.07, 6.45) is -3.49. The molecule has 6 heteroatoms. The maximum atomic E-state index is 12.3. The molecule has 0 amide bonds. The maximum absolute atomic E-state index is 12.3. The molecule has 0 radical (unpaired) electrons. The van der Waals surface area contributed by atoms with Crippen molar-refractivity contribution in [1.82, 2.24) is 5.32 Å². The van der Waals surface area contributed by atoms with E-state index in [1.807, 2.05) is 13.0 Å². The Labute approximate surface area is 128 Å². The molecular weight excluding hydrogens is 303 g/mol. The fraction of sp³-hybridized carbons (Fsp3) is 0.600. The predicted octanol–water partition coefficient (Wildman–Crippen LogP) is 5.12. The lowest BCUT2D eigenvalue weighted by Gasteiger charge is -2.21. The van der Waals surface area contributed by atoms with Crippen LogP contribution < -0.4 is 10.1 Å². The Kier molecular flexibility index (Phi) is 7.32. The minimum atomic E-state index is -4.11. The first-order valence-electron chi connectivity index (χ1n) is 7.01. The van der Waals surface area contributed by atoms with Gasteiger partial charge >= 0.3 is 6.18 Å². The molecule has 1 N–H and O–H groups in total. The predicted molar refractivity (Wildman–Crippen MR) is 78.9 cm³/mol. The van der Waals surface area contributed by atoms with Gasteiger partial charge in [-0.3, -0.25) is 0 Å². The molecule has 0 heterocycles. The van der Waals surface area contributed by atoms with Gasteiger partial charge in [-0.15, -0.1) is 0 Å². The van der Waals surface area contributed by atoms with Crippen molar-refractivity contribution >= 4 is 11.6 Å². The highest BCUT2D eigenvalue weighted by atomic mass is 35.5. The number of nitrogens with one attached hydrogen (secondary N) is 1. The first-order valence-corrected chi connectivity index (χ1v) is 7.38. The first-order chi connectivity index (χ1) is 9.87. The Bertz CT molecular complexity index is 437. The van der Waals surface area contributed by atoms with Gasteiger partial charge in [-0.25, -0.2) is 0 Å². The van der Waals surface area contributed by atoms with E-state index in [1.54, 1.807) is 12.1 Å². The average molecular weight is 324 g/mol. The molecule has 0 saturated heterocycles. The minimum absolute atomic E-state index is 0.0800. The molecule has 1 atom stereocenters. The summed E-state index contributed by atoms with van der Waals surface area (Å²) in [6, 6.07) is 5.05. The molecule has 0 spiro atoms. The monoisotopic (exact) mass is 323 g/mol. The third kappa shape index (κ3) is 6.57. The number of hydrogen-bond acceptors (Lipinski definition) is 2. The molecule has 0 aromatic heterocycles. The second-order valence-electron chi connectivity index (χ2n) is 4.90. The third-order valence-electron chi connectivity index (χ3n) is 3.16. The van der Waals surface area contributed by atoms with Gasteiger partial charge in [0, 0.05) is 23.0 Å². The third-order valence-corrected chi connectivity index (χ3v) is 3.40. The summed E-state index contributed by atoms with van der Waals surface area (Å²) in [5.74, 6) is 0.600. The number of hydrogen-bond donors (Lipinski definition) is 1. The summed E-state index contributed by atoms with van der Waals surface area (Å²) in [6.45, 7) is 2.75. The first kappa shape index (κ1) is 18.1. The quantitative estimate of drug-likeness (QED) is 0.716. The molecule has 0 bridgehead atoms. The average Bonchev–Trinajstić information content (AvgIpc) is 2.41. The second kappa shape index (κ2) is 8.49. The van der Waals surface area contributed by atoms with Crippen LogP contribution in [0.2, 0.25) is 5.02 Å². The van der Waals surface area contributed by atoms with E-state index >= 15 is 0 Å². The van der Waals surface area contributed by atoms with Gasteiger partial charge in [-0.2, -0.15) is 13.2 Å². The van der Waals surface area contributed by atoms with Crippen LogP contribution in [-0.4, -0.2) is 19.8 Å². The highest BCUT2D eigenvalue weighted by Gasteiger charge is 2.27. The van der Waals surface area contributed by atoms with E-state index in [9.17, 15) is 13.2 Å². The van der Waals surface area contributed by atoms with Crippen LogP contribution in [0.25, 0.3) is 0 Å². The van der Waals surface area contributed by atoms with E-state index in [0.29, 0.717) is 17.2 Å². The van der Waals surface area contributed by atoms with Crippen molar-refractivity contribution in [1.29, 1.82) is 0 Å². The summed E-state index contributed by atoms with van der Waals surface area (Å²) in [7, 11) is 1.53. The standard InChI is InChI=1S/C15H21ClF3NO/c1-3-9-20-13(5-4-8-15(17,18)19)12-7-6-11(16)10-14(12)21-2/h6-7,10,13,20H,3-5,8-9H2,1-2H3. The molecule has 0 saturated carbocycles. The lowest BCUT2D eigenvalue weighted by molar-refractivity contribution is -0.135. The van der Waals surface area contributed by atoms with Crippen molar-refractivity contribution in [3.8, 4) is 5.75 Å². The van der Waals surface area contributed by atoms with Crippen molar-refractivity contribution in [3.63, 3.8) is 0 Å². The number of rotatable bonds is 8. The second-order valence-corrected chi connectivity index (χ2v) is 5.34. The van der Waals surface area contributed by atoms with Crippen LogP contribution in [0.5, 0.6) is 5.75 Å². The fourth-order valence-corrected chi connectivity index (χ4v) is 2.33. The molecule has 1 aromatic carbocycles. The number of alkyl halides is 3. The normalized spacial score (nSPS) is 13.2. The SMILES string of the molecule is CCCNC(CCCC(F)(F)F)c1ccc(Cl)cc1OC. The number of ether oxygens (including phenoxy) is 1. The van der Waals surface area contributed by atoms with Crippen molar-refractivity contribution in [2.75, 3.05) is 13.7 Å². The molecule has 1 aromatic rings. The topological polar surface area (TPSA) is 21.3 Å². The van der Waals surface area contributed by atoms with Gasteiger partial charge in [0.25, 0.3) is 0 Å². The lowest BCUT2D eigenvalue weighted by atomic mass is 9.99. The number of benzene rings is 1. The maximum Gasteiger partial charge on any atom is 0.389 e. The molecule has 2 nitrogen and oxygen atoms in total. The Morgan fingerprint density at radius 2 is 2.05 bits per heavy atom. The van der Waals surface area contributed by atoms with Crippen LogP contribution in [0, 0.1) is 0 Å². The van der Waals surface area contributed by atoms with E-state index in [1.165, 1.54) is 7.11 Å². The molecule has 0 aliphatic rings. The molecule has 120 valence electrons. The Morgan fingerprint density at radius 3 is 2.62 bits per heavy atom. The fourth-order valence-electron chi connectivity index (χ4n) is 2.17.